The van der Waals surface area contributed by atoms with Crippen molar-refractivity contribution in [3.05, 3.63) is 96.6 Å². The van der Waals surface area contributed by atoms with Crippen molar-refractivity contribution >= 4 is 5.78 Å². The molecule has 0 saturated heterocycles. The Labute approximate surface area is 156 Å². The van der Waals surface area contributed by atoms with Crippen molar-refractivity contribution in [2.45, 2.75) is 38.8 Å². The minimum Gasteiger partial charge on any atom is -0.370 e. The molecule has 136 valence electrons. The first-order chi connectivity index (χ1) is 12.7. The zero-order chi connectivity index (χ0) is 18.6. The van der Waals surface area contributed by atoms with E-state index in [1.165, 1.54) is 6.92 Å². The summed E-state index contributed by atoms with van der Waals surface area (Å²) in [5.74, 6) is 0.0205. The van der Waals surface area contributed by atoms with E-state index in [2.05, 4.69) is 6.58 Å². The smallest absolute Gasteiger partial charge is 0.152 e. The van der Waals surface area contributed by atoms with Gasteiger partial charge in [0, 0.05) is 0 Å². The molecule has 0 unspecified atom stereocenters. The Morgan fingerprint density at radius 3 is 2.00 bits per heavy atom. The van der Waals surface area contributed by atoms with E-state index in [1.807, 2.05) is 66.7 Å². The van der Waals surface area contributed by atoms with Gasteiger partial charge in [0.1, 0.15) is 6.10 Å². The minimum absolute atomic E-state index is 0.0205. The average molecular weight is 350 g/mol. The molecule has 0 N–H and O–H groups in total. The van der Waals surface area contributed by atoms with Crippen molar-refractivity contribution in [2.24, 2.45) is 0 Å². The first-order valence-electron chi connectivity index (χ1n) is 8.79. The maximum atomic E-state index is 11.2. The average Bonchev–Trinajstić information content (AvgIpc) is 2.67. The van der Waals surface area contributed by atoms with Gasteiger partial charge in [0.25, 0.3) is 0 Å². The SMILES string of the molecule is C=C[C@@H](OCc1ccccc1)[C@@H](C/C=C/C(C)=O)OCc1ccccc1. The number of benzene rings is 2. The van der Waals surface area contributed by atoms with E-state index in [-0.39, 0.29) is 18.0 Å². The Morgan fingerprint density at radius 2 is 1.50 bits per heavy atom. The fraction of sp³-hybridized carbons (Fsp3) is 0.261. The van der Waals surface area contributed by atoms with Crippen LogP contribution in [0, 0.1) is 0 Å². The van der Waals surface area contributed by atoms with Gasteiger partial charge >= 0.3 is 0 Å². The lowest BCUT2D eigenvalue weighted by Crippen LogP contribution is -2.29. The van der Waals surface area contributed by atoms with E-state index in [4.69, 9.17) is 9.47 Å². The lowest BCUT2D eigenvalue weighted by atomic mass is 10.1. The molecule has 0 amide bonds. The van der Waals surface area contributed by atoms with Gasteiger partial charge in [-0.3, -0.25) is 4.79 Å². The highest BCUT2D eigenvalue weighted by Crippen LogP contribution is 2.16. The molecule has 0 aliphatic rings. The third kappa shape index (κ3) is 7.18. The number of rotatable bonds is 11. The molecule has 3 heteroatoms. The molecule has 2 aromatic rings. The van der Waals surface area contributed by atoms with Crippen LogP contribution in [0.3, 0.4) is 0 Å². The molecule has 26 heavy (non-hydrogen) atoms. The molecule has 0 heterocycles. The number of carbonyl (C=O) groups is 1. The van der Waals surface area contributed by atoms with Gasteiger partial charge in [-0.15, -0.1) is 6.58 Å². The standard InChI is InChI=1S/C23H26O3/c1-3-22(25-17-20-12-6-4-7-13-20)23(16-10-11-19(2)24)26-18-21-14-8-5-9-15-21/h3-15,22-23H,1,16-18H2,2H3/b11-10+/t22-,23-/m1/s1. The van der Waals surface area contributed by atoms with E-state index >= 15 is 0 Å². The lowest BCUT2D eigenvalue weighted by Gasteiger charge is -2.24. The normalized spacial score (nSPS) is 13.4. The molecule has 0 aliphatic heterocycles. The Hall–Kier alpha value is -2.49. The van der Waals surface area contributed by atoms with Gasteiger partial charge in [0.2, 0.25) is 0 Å². The summed E-state index contributed by atoms with van der Waals surface area (Å²) in [7, 11) is 0. The van der Waals surface area contributed by atoms with Gasteiger partial charge in [-0.2, -0.15) is 0 Å². The van der Waals surface area contributed by atoms with Gasteiger partial charge in [0.05, 0.1) is 19.3 Å². The number of hydrogen-bond acceptors (Lipinski definition) is 3. The maximum absolute atomic E-state index is 11.2. The summed E-state index contributed by atoms with van der Waals surface area (Å²) in [6.07, 6.45) is 5.26. The Bertz CT molecular complexity index is 692. The zero-order valence-electron chi connectivity index (χ0n) is 15.2. The van der Waals surface area contributed by atoms with Crippen LogP contribution in [0.2, 0.25) is 0 Å². The monoisotopic (exact) mass is 350 g/mol. The Balaban J connectivity index is 2.00. The van der Waals surface area contributed by atoms with Crippen molar-refractivity contribution in [2.75, 3.05) is 0 Å². The van der Waals surface area contributed by atoms with Crippen molar-refractivity contribution in [1.82, 2.24) is 0 Å². The predicted octanol–water partition coefficient (Wildman–Crippen LogP) is 4.88. The molecule has 0 aliphatic carbocycles. The molecular weight excluding hydrogens is 324 g/mol. The topological polar surface area (TPSA) is 35.5 Å². The van der Waals surface area contributed by atoms with E-state index in [1.54, 1.807) is 12.2 Å². The molecule has 2 aromatic carbocycles. The highest BCUT2D eigenvalue weighted by molar-refractivity contribution is 5.87. The second-order valence-electron chi connectivity index (χ2n) is 6.08. The highest BCUT2D eigenvalue weighted by Gasteiger charge is 2.19. The Kier molecular flexibility index (Phi) is 8.53. The van der Waals surface area contributed by atoms with Crippen LogP contribution in [0.4, 0.5) is 0 Å². The lowest BCUT2D eigenvalue weighted by molar-refractivity contribution is -0.112. The summed E-state index contributed by atoms with van der Waals surface area (Å²) in [5, 5.41) is 0. The largest absolute Gasteiger partial charge is 0.370 e. The third-order valence-electron chi connectivity index (χ3n) is 3.91. The van der Waals surface area contributed by atoms with Gasteiger partial charge in [-0.25, -0.2) is 0 Å². The summed E-state index contributed by atoms with van der Waals surface area (Å²) in [4.78, 5) is 11.2. The summed E-state index contributed by atoms with van der Waals surface area (Å²) in [6.45, 7) is 6.40. The Morgan fingerprint density at radius 1 is 0.962 bits per heavy atom. The predicted molar refractivity (Wildman–Crippen MR) is 105 cm³/mol. The quantitative estimate of drug-likeness (QED) is 0.428. The van der Waals surface area contributed by atoms with Crippen molar-refractivity contribution < 1.29 is 14.3 Å². The number of ether oxygens (including phenoxy) is 2. The molecule has 2 atom stereocenters. The molecule has 0 saturated carbocycles. The molecule has 2 rings (SSSR count). The molecule has 0 bridgehead atoms. The van der Waals surface area contributed by atoms with Gasteiger partial charge in [0.15, 0.2) is 5.78 Å². The summed E-state index contributed by atoms with van der Waals surface area (Å²) < 4.78 is 12.1. The number of allylic oxidation sites excluding steroid dienone is 1. The van der Waals surface area contributed by atoms with E-state index in [0.29, 0.717) is 19.6 Å². The molecule has 0 aromatic heterocycles. The van der Waals surface area contributed by atoms with Crippen molar-refractivity contribution in [3.8, 4) is 0 Å². The van der Waals surface area contributed by atoms with Crippen LogP contribution in [0.15, 0.2) is 85.5 Å². The van der Waals surface area contributed by atoms with Gasteiger partial charge in [-0.1, -0.05) is 72.8 Å². The number of ketones is 1. The molecule has 3 nitrogen and oxygen atoms in total. The number of hydrogen-bond donors (Lipinski definition) is 0. The van der Waals surface area contributed by atoms with Crippen LogP contribution < -0.4 is 0 Å². The first kappa shape index (κ1) is 19.8. The van der Waals surface area contributed by atoms with Gasteiger partial charge < -0.3 is 9.47 Å². The van der Waals surface area contributed by atoms with E-state index < -0.39 is 0 Å². The highest BCUT2D eigenvalue weighted by atomic mass is 16.5. The second-order valence-corrected chi connectivity index (χ2v) is 6.08. The second kappa shape index (κ2) is 11.2. The molecule has 0 fully saturated rings. The fourth-order valence-corrected chi connectivity index (χ4v) is 2.54. The van der Waals surface area contributed by atoms with Crippen LogP contribution in [-0.4, -0.2) is 18.0 Å². The third-order valence-corrected chi connectivity index (χ3v) is 3.91. The summed E-state index contributed by atoms with van der Waals surface area (Å²) >= 11 is 0. The van der Waals surface area contributed by atoms with Crippen LogP contribution in [0.5, 0.6) is 0 Å². The molecule has 0 radical (unpaired) electrons. The fourth-order valence-electron chi connectivity index (χ4n) is 2.54. The maximum Gasteiger partial charge on any atom is 0.152 e. The van der Waals surface area contributed by atoms with Crippen molar-refractivity contribution in [1.29, 1.82) is 0 Å². The van der Waals surface area contributed by atoms with Crippen LogP contribution in [0.1, 0.15) is 24.5 Å². The van der Waals surface area contributed by atoms with E-state index in [9.17, 15) is 4.79 Å². The minimum atomic E-state index is -0.268. The van der Waals surface area contributed by atoms with E-state index in [0.717, 1.165) is 11.1 Å². The zero-order valence-corrected chi connectivity index (χ0v) is 15.2. The van der Waals surface area contributed by atoms with Crippen LogP contribution in [-0.2, 0) is 27.5 Å². The summed E-state index contributed by atoms with van der Waals surface area (Å²) in [5.41, 5.74) is 2.19. The van der Waals surface area contributed by atoms with Crippen molar-refractivity contribution in [3.63, 3.8) is 0 Å². The number of carbonyl (C=O) groups excluding carboxylic acids is 1. The van der Waals surface area contributed by atoms with Gasteiger partial charge in [-0.05, 0) is 30.5 Å². The molecular formula is C23H26O3. The summed E-state index contributed by atoms with van der Waals surface area (Å²) in [6, 6.07) is 20.0. The first-order valence-corrected chi connectivity index (χ1v) is 8.79. The molecule has 0 spiro atoms. The van der Waals surface area contributed by atoms with Crippen LogP contribution >= 0.6 is 0 Å². The van der Waals surface area contributed by atoms with Crippen LogP contribution in [0.25, 0.3) is 0 Å².